The van der Waals surface area contributed by atoms with Crippen molar-refractivity contribution in [3.05, 3.63) is 41.9 Å². The van der Waals surface area contributed by atoms with Crippen molar-refractivity contribution in [2.24, 2.45) is 0 Å². The van der Waals surface area contributed by atoms with Crippen LogP contribution in [0.5, 0.6) is 11.5 Å². The van der Waals surface area contributed by atoms with E-state index < -0.39 is 0 Å². The first-order chi connectivity index (χ1) is 9.76. The number of thioether (sulfide) groups is 1. The minimum Gasteiger partial charge on any atom is -0.497 e. The predicted molar refractivity (Wildman–Crippen MR) is 82.8 cm³/mol. The third-order valence-corrected chi connectivity index (χ3v) is 3.44. The van der Waals surface area contributed by atoms with Gasteiger partial charge in [0.1, 0.15) is 23.0 Å². The summed E-state index contributed by atoms with van der Waals surface area (Å²) in [5.41, 5.74) is 0.884. The van der Waals surface area contributed by atoms with Crippen molar-refractivity contribution in [2.75, 3.05) is 25.8 Å². The molecule has 0 saturated carbocycles. The van der Waals surface area contributed by atoms with E-state index in [0.29, 0.717) is 6.54 Å². The van der Waals surface area contributed by atoms with Crippen molar-refractivity contribution in [3.8, 4) is 11.5 Å². The minimum atomic E-state index is 0.609. The molecule has 0 aliphatic rings. The monoisotopic (exact) mass is 293 g/mol. The summed E-state index contributed by atoms with van der Waals surface area (Å²) in [6.07, 6.45) is 2.06. The number of rotatable bonds is 7. The van der Waals surface area contributed by atoms with Gasteiger partial charge in [-0.1, -0.05) is 0 Å². The fourth-order valence-corrected chi connectivity index (χ4v) is 2.31. The zero-order valence-corrected chi connectivity index (χ0v) is 12.8. The predicted octanol–water partition coefficient (Wildman–Crippen LogP) is 3.77. The van der Waals surface area contributed by atoms with Crippen LogP contribution < -0.4 is 14.8 Å². The van der Waals surface area contributed by atoms with Gasteiger partial charge in [0.2, 0.25) is 0 Å². The average molecular weight is 293 g/mol. The first-order valence-electron chi connectivity index (χ1n) is 6.29. The molecular formula is C15H19NO3S. The molecule has 0 radical (unpaired) electrons. The van der Waals surface area contributed by atoms with Gasteiger partial charge in [-0.15, -0.1) is 0 Å². The van der Waals surface area contributed by atoms with Crippen LogP contribution in [0.1, 0.15) is 11.5 Å². The van der Waals surface area contributed by atoms with Gasteiger partial charge in [0.25, 0.3) is 0 Å². The molecule has 1 aromatic heterocycles. The van der Waals surface area contributed by atoms with Crippen molar-refractivity contribution < 1.29 is 13.9 Å². The summed E-state index contributed by atoms with van der Waals surface area (Å²) in [6.45, 7) is 0.609. The molecule has 1 N–H and O–H groups in total. The highest BCUT2D eigenvalue weighted by Crippen LogP contribution is 2.29. The highest BCUT2D eigenvalue weighted by molar-refractivity contribution is 7.97. The standard InChI is InChI=1S/C15H19NO3S/c1-17-11-6-7-15(18-2)14(8-11)16-9-12-4-5-13(19-12)10-20-3/h4-8,16H,9-10H2,1-3H3. The first-order valence-corrected chi connectivity index (χ1v) is 7.68. The maximum atomic E-state index is 5.72. The largest absolute Gasteiger partial charge is 0.497 e. The lowest BCUT2D eigenvalue weighted by Gasteiger charge is -2.11. The van der Waals surface area contributed by atoms with Gasteiger partial charge in [0.05, 0.1) is 32.2 Å². The van der Waals surface area contributed by atoms with E-state index in [2.05, 4.69) is 11.6 Å². The van der Waals surface area contributed by atoms with Gasteiger partial charge in [-0.3, -0.25) is 0 Å². The Kier molecular flexibility index (Phi) is 5.24. The van der Waals surface area contributed by atoms with E-state index >= 15 is 0 Å². The third kappa shape index (κ3) is 3.63. The lowest BCUT2D eigenvalue weighted by molar-refractivity contribution is 0.404. The van der Waals surface area contributed by atoms with E-state index in [1.165, 1.54) is 0 Å². The molecule has 1 aromatic carbocycles. The van der Waals surface area contributed by atoms with E-state index in [-0.39, 0.29) is 0 Å². The van der Waals surface area contributed by atoms with Gasteiger partial charge < -0.3 is 19.2 Å². The lowest BCUT2D eigenvalue weighted by Crippen LogP contribution is -2.01. The van der Waals surface area contributed by atoms with Crippen molar-refractivity contribution in [3.63, 3.8) is 0 Å². The Morgan fingerprint density at radius 3 is 2.60 bits per heavy atom. The maximum Gasteiger partial charge on any atom is 0.142 e. The van der Waals surface area contributed by atoms with Gasteiger partial charge in [0, 0.05) is 6.07 Å². The van der Waals surface area contributed by atoms with Crippen LogP contribution in [0.15, 0.2) is 34.7 Å². The molecule has 20 heavy (non-hydrogen) atoms. The van der Waals surface area contributed by atoms with Crippen LogP contribution in [-0.2, 0) is 12.3 Å². The Hall–Kier alpha value is -1.75. The van der Waals surface area contributed by atoms with E-state index in [4.69, 9.17) is 13.9 Å². The molecule has 0 atom stereocenters. The molecule has 0 fully saturated rings. The molecule has 2 aromatic rings. The number of hydrogen-bond donors (Lipinski definition) is 1. The number of anilines is 1. The molecule has 0 aliphatic heterocycles. The van der Waals surface area contributed by atoms with Crippen molar-refractivity contribution in [1.82, 2.24) is 0 Å². The van der Waals surface area contributed by atoms with Crippen molar-refractivity contribution >= 4 is 17.4 Å². The fraction of sp³-hybridized carbons (Fsp3) is 0.333. The number of furan rings is 1. The van der Waals surface area contributed by atoms with Gasteiger partial charge in [-0.2, -0.15) is 11.8 Å². The highest BCUT2D eigenvalue weighted by Gasteiger charge is 2.06. The van der Waals surface area contributed by atoms with Crippen LogP contribution in [0, 0.1) is 0 Å². The zero-order valence-electron chi connectivity index (χ0n) is 11.9. The van der Waals surface area contributed by atoms with E-state index in [1.807, 2.05) is 30.3 Å². The molecular weight excluding hydrogens is 274 g/mol. The van der Waals surface area contributed by atoms with Crippen molar-refractivity contribution in [2.45, 2.75) is 12.3 Å². The molecule has 108 valence electrons. The van der Waals surface area contributed by atoms with E-state index in [0.717, 1.165) is 34.5 Å². The normalized spacial score (nSPS) is 10.3. The summed E-state index contributed by atoms with van der Waals surface area (Å²) in [5.74, 6) is 4.35. The van der Waals surface area contributed by atoms with Crippen LogP contribution in [0.2, 0.25) is 0 Å². The molecule has 0 saturated heterocycles. The Morgan fingerprint density at radius 2 is 1.90 bits per heavy atom. The fourth-order valence-electron chi connectivity index (χ4n) is 1.87. The van der Waals surface area contributed by atoms with Crippen LogP contribution in [-0.4, -0.2) is 20.5 Å². The topological polar surface area (TPSA) is 43.6 Å². The van der Waals surface area contributed by atoms with Gasteiger partial charge in [-0.05, 0) is 30.5 Å². The first kappa shape index (κ1) is 14.7. The molecule has 1 heterocycles. The smallest absolute Gasteiger partial charge is 0.142 e. The second-order valence-corrected chi connectivity index (χ2v) is 5.09. The number of ether oxygens (including phenoxy) is 2. The summed E-state index contributed by atoms with van der Waals surface area (Å²) in [4.78, 5) is 0. The summed E-state index contributed by atoms with van der Waals surface area (Å²) >= 11 is 1.74. The second-order valence-electron chi connectivity index (χ2n) is 4.22. The Bertz CT molecular complexity index is 554. The molecule has 5 heteroatoms. The number of benzene rings is 1. The van der Waals surface area contributed by atoms with Crippen LogP contribution >= 0.6 is 11.8 Å². The number of hydrogen-bond acceptors (Lipinski definition) is 5. The van der Waals surface area contributed by atoms with Crippen LogP contribution in [0.25, 0.3) is 0 Å². The molecule has 2 rings (SSSR count). The average Bonchev–Trinajstić information content (AvgIpc) is 2.93. The minimum absolute atomic E-state index is 0.609. The Balaban J connectivity index is 2.05. The summed E-state index contributed by atoms with van der Waals surface area (Å²) in [7, 11) is 3.29. The van der Waals surface area contributed by atoms with Gasteiger partial charge in [0.15, 0.2) is 0 Å². The van der Waals surface area contributed by atoms with Crippen LogP contribution in [0.3, 0.4) is 0 Å². The summed E-state index contributed by atoms with van der Waals surface area (Å²) < 4.78 is 16.3. The Labute approximate surface area is 123 Å². The van der Waals surface area contributed by atoms with Gasteiger partial charge >= 0.3 is 0 Å². The lowest BCUT2D eigenvalue weighted by atomic mass is 10.2. The van der Waals surface area contributed by atoms with E-state index in [9.17, 15) is 0 Å². The molecule has 4 nitrogen and oxygen atoms in total. The van der Waals surface area contributed by atoms with Crippen molar-refractivity contribution in [1.29, 1.82) is 0 Å². The molecule has 0 amide bonds. The molecule has 0 unspecified atom stereocenters. The van der Waals surface area contributed by atoms with E-state index in [1.54, 1.807) is 26.0 Å². The third-order valence-electron chi connectivity index (χ3n) is 2.86. The summed E-state index contributed by atoms with van der Waals surface area (Å²) in [5, 5.41) is 3.31. The molecule has 0 spiro atoms. The highest BCUT2D eigenvalue weighted by atomic mass is 32.2. The quantitative estimate of drug-likeness (QED) is 0.841. The second kappa shape index (κ2) is 7.14. The SMILES string of the molecule is COc1ccc(OC)c(NCc2ccc(CSC)o2)c1. The summed E-state index contributed by atoms with van der Waals surface area (Å²) in [6, 6.07) is 9.65. The maximum absolute atomic E-state index is 5.72. The van der Waals surface area contributed by atoms with Crippen LogP contribution in [0.4, 0.5) is 5.69 Å². The molecule has 0 bridgehead atoms. The zero-order chi connectivity index (χ0) is 14.4. The van der Waals surface area contributed by atoms with Gasteiger partial charge in [-0.25, -0.2) is 0 Å². The molecule has 0 aliphatic carbocycles. The Morgan fingerprint density at radius 1 is 1.10 bits per heavy atom. The number of methoxy groups -OCH3 is 2. The number of nitrogens with one attached hydrogen (secondary N) is 1.